The van der Waals surface area contributed by atoms with Crippen LogP contribution in [0.3, 0.4) is 0 Å². The van der Waals surface area contributed by atoms with Gasteiger partial charge in [0.05, 0.1) is 0 Å². The molecule has 1 aromatic rings. The molecule has 0 amide bonds. The summed E-state index contributed by atoms with van der Waals surface area (Å²) in [6, 6.07) is 7.43. The summed E-state index contributed by atoms with van der Waals surface area (Å²) in [6.07, 6.45) is 3.46. The van der Waals surface area contributed by atoms with Gasteiger partial charge in [0, 0.05) is 29.9 Å². The molecular weight excluding hydrogens is 261 g/mol. The van der Waals surface area contributed by atoms with Crippen LogP contribution in [0.5, 0.6) is 0 Å². The lowest BCUT2D eigenvalue weighted by Gasteiger charge is -2.26. The lowest BCUT2D eigenvalue weighted by atomic mass is 9.93. The molecule has 1 atom stereocenters. The summed E-state index contributed by atoms with van der Waals surface area (Å²) in [7, 11) is 1.99. The van der Waals surface area contributed by atoms with E-state index in [1.54, 1.807) is 17.8 Å². The number of halogens is 1. The Morgan fingerprint density at radius 1 is 1.37 bits per heavy atom. The van der Waals surface area contributed by atoms with Crippen LogP contribution in [0.2, 0.25) is 0 Å². The molecule has 1 saturated heterocycles. The lowest BCUT2D eigenvalue weighted by molar-refractivity contribution is 0.0616. The molecule has 0 radical (unpaired) electrons. The number of benzene rings is 1. The fraction of sp³-hybridized carbons (Fsp3) is 0.600. The van der Waals surface area contributed by atoms with Crippen molar-refractivity contribution in [3.63, 3.8) is 0 Å². The molecule has 1 N–H and O–H groups in total. The molecule has 19 heavy (non-hydrogen) atoms. The molecule has 1 aliphatic heterocycles. The fourth-order valence-corrected chi connectivity index (χ4v) is 3.47. The van der Waals surface area contributed by atoms with Crippen LogP contribution in [0.4, 0.5) is 4.39 Å². The maximum Gasteiger partial charge on any atom is 0.136 e. The summed E-state index contributed by atoms with van der Waals surface area (Å²) >= 11 is 1.60. The summed E-state index contributed by atoms with van der Waals surface area (Å²) in [5.74, 6) is 1.54. The van der Waals surface area contributed by atoms with E-state index in [2.05, 4.69) is 5.32 Å². The minimum Gasteiger partial charge on any atom is -0.381 e. The summed E-state index contributed by atoms with van der Waals surface area (Å²) in [5.41, 5.74) is 0. The third-order valence-corrected chi connectivity index (χ3v) is 4.85. The Balaban J connectivity index is 1.80. The fourth-order valence-electron chi connectivity index (χ4n) is 2.41. The second kappa shape index (κ2) is 7.88. The molecule has 2 rings (SSSR count). The second-order valence-corrected chi connectivity index (χ2v) is 6.08. The summed E-state index contributed by atoms with van der Waals surface area (Å²) in [4.78, 5) is 0.745. The molecule has 0 aromatic heterocycles. The zero-order valence-corrected chi connectivity index (χ0v) is 12.2. The monoisotopic (exact) mass is 283 g/mol. The average Bonchev–Trinajstić information content (AvgIpc) is 2.46. The maximum absolute atomic E-state index is 13.5. The number of thioether (sulfide) groups is 1. The smallest absolute Gasteiger partial charge is 0.136 e. The molecule has 0 bridgehead atoms. The van der Waals surface area contributed by atoms with Crippen molar-refractivity contribution in [2.45, 2.75) is 30.2 Å². The van der Waals surface area contributed by atoms with E-state index in [1.807, 2.05) is 19.2 Å². The first-order valence-electron chi connectivity index (χ1n) is 6.92. The van der Waals surface area contributed by atoms with E-state index in [9.17, 15) is 4.39 Å². The summed E-state index contributed by atoms with van der Waals surface area (Å²) in [5, 5.41) is 3.35. The van der Waals surface area contributed by atoms with Crippen molar-refractivity contribution in [3.8, 4) is 0 Å². The minimum absolute atomic E-state index is 0.117. The van der Waals surface area contributed by atoms with E-state index in [-0.39, 0.29) is 5.82 Å². The van der Waals surface area contributed by atoms with Crippen molar-refractivity contribution in [3.05, 3.63) is 30.1 Å². The Kier molecular flexibility index (Phi) is 6.14. The van der Waals surface area contributed by atoms with Crippen LogP contribution >= 0.6 is 11.8 Å². The molecule has 1 fully saturated rings. The van der Waals surface area contributed by atoms with E-state index in [0.29, 0.717) is 6.04 Å². The number of hydrogen-bond donors (Lipinski definition) is 1. The highest BCUT2D eigenvalue weighted by atomic mass is 32.2. The van der Waals surface area contributed by atoms with Gasteiger partial charge in [-0.05, 0) is 44.4 Å². The maximum atomic E-state index is 13.5. The number of hydrogen-bond acceptors (Lipinski definition) is 3. The normalized spacial score (nSPS) is 18.4. The quantitative estimate of drug-likeness (QED) is 0.809. The van der Waals surface area contributed by atoms with Crippen molar-refractivity contribution in [2.75, 3.05) is 26.0 Å². The highest BCUT2D eigenvalue weighted by Crippen LogP contribution is 2.25. The molecule has 0 aliphatic carbocycles. The van der Waals surface area contributed by atoms with Gasteiger partial charge in [-0.2, -0.15) is 0 Å². The van der Waals surface area contributed by atoms with Crippen LogP contribution in [-0.4, -0.2) is 32.1 Å². The van der Waals surface area contributed by atoms with E-state index in [0.717, 1.165) is 49.0 Å². The first-order chi connectivity index (χ1) is 9.29. The second-order valence-electron chi connectivity index (χ2n) is 5.02. The SMILES string of the molecule is CNC(CSc1ccccc1F)CC1CCOCC1. The first kappa shape index (κ1) is 14.8. The van der Waals surface area contributed by atoms with Crippen LogP contribution in [0.15, 0.2) is 29.2 Å². The van der Waals surface area contributed by atoms with Gasteiger partial charge in [-0.25, -0.2) is 4.39 Å². The molecule has 0 spiro atoms. The van der Waals surface area contributed by atoms with Gasteiger partial charge in [0.25, 0.3) is 0 Å². The predicted molar refractivity (Wildman–Crippen MR) is 78.1 cm³/mol. The molecule has 1 aliphatic rings. The van der Waals surface area contributed by atoms with Crippen molar-refractivity contribution in [1.82, 2.24) is 5.32 Å². The van der Waals surface area contributed by atoms with Crippen LogP contribution < -0.4 is 5.32 Å². The van der Waals surface area contributed by atoms with Crippen molar-refractivity contribution < 1.29 is 9.13 Å². The standard InChI is InChI=1S/C15H22FNOS/c1-17-13(10-12-6-8-18-9-7-12)11-19-15-5-3-2-4-14(15)16/h2-5,12-13,17H,6-11H2,1H3. The van der Waals surface area contributed by atoms with Gasteiger partial charge in [0.1, 0.15) is 5.82 Å². The van der Waals surface area contributed by atoms with Gasteiger partial charge >= 0.3 is 0 Å². The number of nitrogens with one attached hydrogen (secondary N) is 1. The van der Waals surface area contributed by atoms with E-state index in [1.165, 1.54) is 6.07 Å². The summed E-state index contributed by atoms with van der Waals surface area (Å²) < 4.78 is 18.9. The van der Waals surface area contributed by atoms with Crippen LogP contribution in [0.1, 0.15) is 19.3 Å². The van der Waals surface area contributed by atoms with Gasteiger partial charge in [0.2, 0.25) is 0 Å². The third kappa shape index (κ3) is 4.79. The van der Waals surface area contributed by atoms with Gasteiger partial charge in [-0.15, -0.1) is 11.8 Å². The topological polar surface area (TPSA) is 21.3 Å². The van der Waals surface area contributed by atoms with Crippen LogP contribution in [-0.2, 0) is 4.74 Å². The van der Waals surface area contributed by atoms with E-state index in [4.69, 9.17) is 4.74 Å². The Labute approximate surface area is 119 Å². The van der Waals surface area contributed by atoms with Crippen LogP contribution in [0, 0.1) is 11.7 Å². The number of rotatable bonds is 6. The summed E-state index contributed by atoms with van der Waals surface area (Å²) in [6.45, 7) is 1.78. The molecule has 2 nitrogen and oxygen atoms in total. The molecule has 106 valence electrons. The third-order valence-electron chi connectivity index (χ3n) is 3.64. The Morgan fingerprint density at radius 2 is 2.11 bits per heavy atom. The van der Waals surface area contributed by atoms with Gasteiger partial charge in [0.15, 0.2) is 0 Å². The van der Waals surface area contributed by atoms with Crippen molar-refractivity contribution >= 4 is 11.8 Å². The first-order valence-corrected chi connectivity index (χ1v) is 7.90. The van der Waals surface area contributed by atoms with E-state index >= 15 is 0 Å². The molecule has 1 aromatic carbocycles. The molecule has 0 saturated carbocycles. The van der Waals surface area contributed by atoms with Crippen molar-refractivity contribution in [2.24, 2.45) is 5.92 Å². The number of ether oxygens (including phenoxy) is 1. The van der Waals surface area contributed by atoms with E-state index < -0.39 is 0 Å². The molecule has 4 heteroatoms. The predicted octanol–water partition coefficient (Wildman–Crippen LogP) is 3.32. The lowest BCUT2D eigenvalue weighted by Crippen LogP contribution is -2.32. The average molecular weight is 283 g/mol. The Hall–Kier alpha value is -0.580. The Morgan fingerprint density at radius 3 is 2.79 bits per heavy atom. The molecule has 1 unspecified atom stereocenters. The molecular formula is C15H22FNOS. The largest absolute Gasteiger partial charge is 0.381 e. The minimum atomic E-state index is -0.117. The zero-order valence-electron chi connectivity index (χ0n) is 11.4. The highest BCUT2D eigenvalue weighted by Gasteiger charge is 2.18. The zero-order chi connectivity index (χ0) is 13.5. The van der Waals surface area contributed by atoms with Gasteiger partial charge < -0.3 is 10.1 Å². The highest BCUT2D eigenvalue weighted by molar-refractivity contribution is 7.99. The van der Waals surface area contributed by atoms with Crippen molar-refractivity contribution in [1.29, 1.82) is 0 Å². The Bertz CT molecular complexity index is 382. The van der Waals surface area contributed by atoms with Gasteiger partial charge in [-0.1, -0.05) is 12.1 Å². The van der Waals surface area contributed by atoms with Gasteiger partial charge in [-0.3, -0.25) is 0 Å². The molecule has 1 heterocycles. The van der Waals surface area contributed by atoms with Crippen LogP contribution in [0.25, 0.3) is 0 Å².